The Morgan fingerprint density at radius 3 is 2.59 bits per heavy atom. The van der Waals surface area contributed by atoms with Gasteiger partial charge in [0.1, 0.15) is 17.5 Å². The van der Waals surface area contributed by atoms with Gasteiger partial charge in [-0.1, -0.05) is 0 Å². The normalized spacial score (nSPS) is 12.3. The van der Waals surface area contributed by atoms with Gasteiger partial charge in [-0.2, -0.15) is 22.8 Å². The standard InChI is InChI=1S/C21H13F3N4O2S2/c1-11-5-6-31-16(11)7-12(10-25)19-14-8-13(3-4-15(14)32-26-19)28-18(29)9-17(21(22,23)24)27(2)20(28)30/h3-9H,1-2H3. The molecule has 0 aliphatic rings. The van der Waals surface area contributed by atoms with Gasteiger partial charge < -0.3 is 0 Å². The SMILES string of the molecule is Cc1ccsc1C=C(C#N)c1nsc2ccc(-n3c(=O)cc(C(F)(F)F)n(C)c3=O)cc12. The minimum Gasteiger partial charge on any atom is -0.292 e. The number of halogens is 3. The molecule has 0 fully saturated rings. The van der Waals surface area contributed by atoms with Crippen LogP contribution in [0, 0.1) is 18.3 Å². The molecule has 4 rings (SSSR count). The van der Waals surface area contributed by atoms with E-state index in [1.165, 1.54) is 23.5 Å². The van der Waals surface area contributed by atoms with Gasteiger partial charge in [0, 0.05) is 23.4 Å². The summed E-state index contributed by atoms with van der Waals surface area (Å²) in [5.41, 5.74) is -1.80. The summed E-state index contributed by atoms with van der Waals surface area (Å²) >= 11 is 2.61. The zero-order valence-electron chi connectivity index (χ0n) is 16.6. The number of aryl methyl sites for hydroxylation is 1. The minimum absolute atomic E-state index is 0.0860. The van der Waals surface area contributed by atoms with Crippen molar-refractivity contribution in [3.05, 3.63) is 78.4 Å². The fourth-order valence-electron chi connectivity index (χ4n) is 3.21. The fourth-order valence-corrected chi connectivity index (χ4v) is 4.84. The number of nitriles is 1. The number of alkyl halides is 3. The molecule has 32 heavy (non-hydrogen) atoms. The Balaban J connectivity index is 1.92. The maximum Gasteiger partial charge on any atom is 0.431 e. The number of hydrogen-bond donors (Lipinski definition) is 0. The lowest BCUT2D eigenvalue weighted by Gasteiger charge is -2.14. The van der Waals surface area contributed by atoms with Crippen molar-refractivity contribution < 1.29 is 13.2 Å². The molecule has 1 aromatic carbocycles. The van der Waals surface area contributed by atoms with Gasteiger partial charge in [0.15, 0.2) is 0 Å². The molecule has 3 aromatic heterocycles. The van der Waals surface area contributed by atoms with E-state index in [0.29, 0.717) is 36.6 Å². The van der Waals surface area contributed by atoms with Crippen LogP contribution in [0.25, 0.3) is 27.4 Å². The van der Waals surface area contributed by atoms with Crippen LogP contribution in [0.1, 0.15) is 21.8 Å². The topological polar surface area (TPSA) is 80.7 Å². The molecule has 0 spiro atoms. The molecule has 0 amide bonds. The Kier molecular flexibility index (Phi) is 5.36. The summed E-state index contributed by atoms with van der Waals surface area (Å²) in [4.78, 5) is 25.9. The molecule has 0 radical (unpaired) electrons. The number of aromatic nitrogens is 3. The first-order valence-corrected chi connectivity index (χ1v) is 10.7. The van der Waals surface area contributed by atoms with E-state index < -0.39 is 23.1 Å². The molecule has 0 aliphatic carbocycles. The van der Waals surface area contributed by atoms with Crippen LogP contribution in [-0.4, -0.2) is 13.5 Å². The van der Waals surface area contributed by atoms with Gasteiger partial charge in [0.2, 0.25) is 0 Å². The number of hydrogen-bond acceptors (Lipinski definition) is 6. The highest BCUT2D eigenvalue weighted by Gasteiger charge is 2.35. The second-order valence-corrected chi connectivity index (χ2v) is 8.64. The maximum atomic E-state index is 13.1. The van der Waals surface area contributed by atoms with Gasteiger partial charge in [0.05, 0.1) is 16.0 Å². The molecule has 0 bridgehead atoms. The largest absolute Gasteiger partial charge is 0.431 e. The third-order valence-electron chi connectivity index (χ3n) is 4.88. The highest BCUT2D eigenvalue weighted by atomic mass is 32.1. The summed E-state index contributed by atoms with van der Waals surface area (Å²) in [7, 11) is 0.955. The Hall–Kier alpha value is -3.49. The molecule has 0 N–H and O–H groups in total. The van der Waals surface area contributed by atoms with E-state index in [1.54, 1.807) is 12.1 Å². The van der Waals surface area contributed by atoms with Crippen LogP contribution in [0.4, 0.5) is 13.2 Å². The third kappa shape index (κ3) is 3.68. The van der Waals surface area contributed by atoms with E-state index in [1.807, 2.05) is 18.4 Å². The van der Waals surface area contributed by atoms with Gasteiger partial charge in [-0.3, -0.25) is 9.36 Å². The summed E-state index contributed by atoms with van der Waals surface area (Å²) in [6.07, 6.45) is -3.13. The molecule has 3 heterocycles. The van der Waals surface area contributed by atoms with Crippen LogP contribution in [0.2, 0.25) is 0 Å². The highest BCUT2D eigenvalue weighted by molar-refractivity contribution is 7.13. The number of allylic oxidation sites excluding steroid dienone is 1. The zero-order valence-corrected chi connectivity index (χ0v) is 18.2. The Labute approximate surface area is 186 Å². The van der Waals surface area contributed by atoms with E-state index in [2.05, 4.69) is 10.4 Å². The smallest absolute Gasteiger partial charge is 0.292 e. The molecule has 0 saturated carbocycles. The van der Waals surface area contributed by atoms with Crippen molar-refractivity contribution in [3.8, 4) is 11.8 Å². The summed E-state index contributed by atoms with van der Waals surface area (Å²) in [5.74, 6) is 0. The number of fused-ring (bicyclic) bond motifs is 1. The molecule has 0 atom stereocenters. The van der Waals surface area contributed by atoms with Crippen LogP contribution in [-0.2, 0) is 13.2 Å². The van der Waals surface area contributed by atoms with Crippen molar-refractivity contribution in [1.29, 1.82) is 5.26 Å². The number of thiophene rings is 1. The Morgan fingerprint density at radius 2 is 1.97 bits per heavy atom. The van der Waals surface area contributed by atoms with Crippen LogP contribution in [0.3, 0.4) is 0 Å². The van der Waals surface area contributed by atoms with E-state index >= 15 is 0 Å². The van der Waals surface area contributed by atoms with Crippen LogP contribution in [0.5, 0.6) is 0 Å². The first-order chi connectivity index (χ1) is 15.1. The molecule has 6 nitrogen and oxygen atoms in total. The highest BCUT2D eigenvalue weighted by Crippen LogP contribution is 2.32. The Bertz CT molecular complexity index is 1550. The molecule has 162 valence electrons. The van der Waals surface area contributed by atoms with Gasteiger partial charge in [0.25, 0.3) is 5.56 Å². The van der Waals surface area contributed by atoms with E-state index in [4.69, 9.17) is 0 Å². The van der Waals surface area contributed by atoms with Gasteiger partial charge >= 0.3 is 11.9 Å². The van der Waals surface area contributed by atoms with E-state index in [0.717, 1.165) is 29.0 Å². The molecule has 4 aromatic rings. The quantitative estimate of drug-likeness (QED) is 0.407. The van der Waals surface area contributed by atoms with Crippen molar-refractivity contribution in [2.24, 2.45) is 7.05 Å². The first kappa shape index (κ1) is 21.7. The predicted octanol–water partition coefficient (Wildman–Crippen LogP) is 4.60. The lowest BCUT2D eigenvalue weighted by atomic mass is 10.1. The van der Waals surface area contributed by atoms with Crippen molar-refractivity contribution in [2.45, 2.75) is 13.1 Å². The van der Waals surface area contributed by atoms with Crippen LogP contribution >= 0.6 is 22.9 Å². The fraction of sp³-hybridized carbons (Fsp3) is 0.143. The number of benzene rings is 1. The number of nitrogens with zero attached hydrogens (tertiary/aromatic N) is 4. The maximum absolute atomic E-state index is 13.1. The average molecular weight is 474 g/mol. The first-order valence-electron chi connectivity index (χ1n) is 9.08. The molecule has 0 aliphatic heterocycles. The van der Waals surface area contributed by atoms with Gasteiger partial charge in [-0.15, -0.1) is 11.3 Å². The van der Waals surface area contributed by atoms with Crippen LogP contribution < -0.4 is 11.2 Å². The molecule has 11 heteroatoms. The lowest BCUT2D eigenvalue weighted by Crippen LogP contribution is -2.40. The van der Waals surface area contributed by atoms with Crippen molar-refractivity contribution in [3.63, 3.8) is 0 Å². The zero-order chi connectivity index (χ0) is 23.2. The second-order valence-electron chi connectivity index (χ2n) is 6.89. The summed E-state index contributed by atoms with van der Waals surface area (Å²) in [5, 5.41) is 12.1. The molecule has 0 saturated heterocycles. The van der Waals surface area contributed by atoms with Crippen molar-refractivity contribution in [2.75, 3.05) is 0 Å². The number of rotatable bonds is 3. The van der Waals surface area contributed by atoms with E-state index in [9.17, 15) is 28.0 Å². The summed E-state index contributed by atoms with van der Waals surface area (Å²) < 4.78 is 45.5. The monoisotopic (exact) mass is 474 g/mol. The second kappa shape index (κ2) is 7.89. The van der Waals surface area contributed by atoms with Gasteiger partial charge in [-0.05, 0) is 59.7 Å². The molecular formula is C21H13F3N4O2S2. The van der Waals surface area contributed by atoms with E-state index in [-0.39, 0.29) is 5.69 Å². The molecular weight excluding hydrogens is 461 g/mol. The lowest BCUT2D eigenvalue weighted by molar-refractivity contribution is -0.144. The predicted molar refractivity (Wildman–Crippen MR) is 118 cm³/mol. The molecule has 0 unspecified atom stereocenters. The average Bonchev–Trinajstić information content (AvgIpc) is 3.33. The van der Waals surface area contributed by atoms with Crippen molar-refractivity contribution in [1.82, 2.24) is 13.5 Å². The third-order valence-corrected chi connectivity index (χ3v) is 6.67. The van der Waals surface area contributed by atoms with Crippen LogP contribution in [0.15, 0.2) is 45.3 Å². The van der Waals surface area contributed by atoms with Crippen molar-refractivity contribution >= 4 is 44.6 Å². The summed E-state index contributed by atoms with van der Waals surface area (Å²) in [6.45, 7) is 1.92. The van der Waals surface area contributed by atoms with Gasteiger partial charge in [-0.25, -0.2) is 9.36 Å². The minimum atomic E-state index is -4.84. The Morgan fingerprint density at radius 1 is 1.22 bits per heavy atom. The summed E-state index contributed by atoms with van der Waals surface area (Å²) in [6, 6.07) is 9.00.